The summed E-state index contributed by atoms with van der Waals surface area (Å²) in [5.74, 6) is -0.585. The Balaban J connectivity index is 1.63. The molecule has 27 heavy (non-hydrogen) atoms. The molecule has 0 aliphatic carbocycles. The number of hydrogen-bond acceptors (Lipinski definition) is 4. The Bertz CT molecular complexity index is 1220. The molecule has 0 spiro atoms. The number of hydrogen-bond donors (Lipinski definition) is 1. The van der Waals surface area contributed by atoms with Crippen LogP contribution in [0.1, 0.15) is 10.6 Å². The number of carbonyl (C=O) groups excluding carboxylic acids is 1. The van der Waals surface area contributed by atoms with Gasteiger partial charge in [0.2, 0.25) is 14.9 Å². The van der Waals surface area contributed by atoms with Crippen LogP contribution >= 0.6 is 0 Å². The summed E-state index contributed by atoms with van der Waals surface area (Å²) in [7, 11) is -3.81. The van der Waals surface area contributed by atoms with Crippen molar-refractivity contribution in [3.05, 3.63) is 90.7 Å². The second kappa shape index (κ2) is 6.74. The lowest BCUT2D eigenvalue weighted by Crippen LogP contribution is -2.11. The van der Waals surface area contributed by atoms with Crippen molar-refractivity contribution in [2.45, 2.75) is 9.99 Å². The molecule has 0 aliphatic heterocycles. The average molecular weight is 377 g/mol. The molecular weight excluding hydrogens is 362 g/mol. The standard InChI is InChI=1S/C21H15NO4S/c23-21(22-18-12-6-8-15-7-4-5-11-17(15)18)19-13-14-20(26-19)27(24,25)16-9-2-1-3-10-16/h1-14H,(H,22,23). The van der Waals surface area contributed by atoms with Crippen molar-refractivity contribution in [1.82, 2.24) is 0 Å². The summed E-state index contributed by atoms with van der Waals surface area (Å²) in [6.45, 7) is 0. The molecule has 0 bridgehead atoms. The van der Waals surface area contributed by atoms with Gasteiger partial charge >= 0.3 is 0 Å². The number of furan rings is 1. The Morgan fingerprint density at radius 2 is 1.48 bits per heavy atom. The maximum absolute atomic E-state index is 12.6. The highest BCUT2D eigenvalue weighted by molar-refractivity contribution is 7.91. The molecule has 3 aromatic carbocycles. The van der Waals surface area contributed by atoms with Crippen LogP contribution in [0.5, 0.6) is 0 Å². The lowest BCUT2D eigenvalue weighted by atomic mass is 10.1. The normalized spacial score (nSPS) is 11.4. The van der Waals surface area contributed by atoms with Crippen LogP contribution in [0.4, 0.5) is 5.69 Å². The van der Waals surface area contributed by atoms with Crippen LogP contribution in [0, 0.1) is 0 Å². The predicted molar refractivity (Wildman–Crippen MR) is 103 cm³/mol. The van der Waals surface area contributed by atoms with Gasteiger partial charge in [0.25, 0.3) is 5.91 Å². The van der Waals surface area contributed by atoms with Crippen molar-refractivity contribution in [2.24, 2.45) is 0 Å². The molecule has 1 aromatic heterocycles. The SMILES string of the molecule is O=C(Nc1cccc2ccccc12)c1ccc(S(=O)(=O)c2ccccc2)o1. The molecule has 134 valence electrons. The fraction of sp³-hybridized carbons (Fsp3) is 0. The number of sulfone groups is 1. The van der Waals surface area contributed by atoms with Crippen LogP contribution in [0.2, 0.25) is 0 Å². The minimum absolute atomic E-state index is 0.0718. The first kappa shape index (κ1) is 17.1. The van der Waals surface area contributed by atoms with Gasteiger partial charge in [-0.1, -0.05) is 54.6 Å². The van der Waals surface area contributed by atoms with Crippen molar-refractivity contribution in [1.29, 1.82) is 0 Å². The summed E-state index contributed by atoms with van der Waals surface area (Å²) < 4.78 is 30.5. The molecule has 0 fully saturated rings. The van der Waals surface area contributed by atoms with Crippen LogP contribution in [-0.2, 0) is 9.84 Å². The monoisotopic (exact) mass is 377 g/mol. The highest BCUT2D eigenvalue weighted by Gasteiger charge is 2.23. The summed E-state index contributed by atoms with van der Waals surface area (Å²) in [6, 6.07) is 23.8. The van der Waals surface area contributed by atoms with Gasteiger partial charge in [-0.2, -0.15) is 0 Å². The van der Waals surface area contributed by atoms with Crippen molar-refractivity contribution >= 4 is 32.2 Å². The highest BCUT2D eigenvalue weighted by Crippen LogP contribution is 2.25. The Kier molecular flexibility index (Phi) is 4.25. The molecule has 0 radical (unpaired) electrons. The third kappa shape index (κ3) is 3.22. The number of amides is 1. The van der Waals surface area contributed by atoms with Crippen LogP contribution in [0.3, 0.4) is 0 Å². The number of nitrogens with one attached hydrogen (secondary N) is 1. The minimum Gasteiger partial charge on any atom is -0.439 e. The van der Waals surface area contributed by atoms with Crippen molar-refractivity contribution in [3.63, 3.8) is 0 Å². The maximum atomic E-state index is 12.6. The Hall–Kier alpha value is -3.38. The number of carbonyl (C=O) groups is 1. The van der Waals surface area contributed by atoms with Gasteiger partial charge in [-0.3, -0.25) is 4.79 Å². The first-order chi connectivity index (χ1) is 13.1. The molecule has 4 aromatic rings. The van der Waals surface area contributed by atoms with Gasteiger partial charge in [0.05, 0.1) is 4.90 Å². The third-order valence-electron chi connectivity index (χ3n) is 4.16. The van der Waals surface area contributed by atoms with Gasteiger partial charge in [-0.25, -0.2) is 8.42 Å². The topological polar surface area (TPSA) is 76.4 Å². The second-order valence-corrected chi connectivity index (χ2v) is 7.80. The van der Waals surface area contributed by atoms with E-state index in [2.05, 4.69) is 5.32 Å². The second-order valence-electron chi connectivity index (χ2n) is 5.92. The van der Waals surface area contributed by atoms with E-state index in [-0.39, 0.29) is 15.7 Å². The van der Waals surface area contributed by atoms with Gasteiger partial charge in [0.15, 0.2) is 5.76 Å². The summed E-state index contributed by atoms with van der Waals surface area (Å²) >= 11 is 0. The molecule has 4 rings (SSSR count). The minimum atomic E-state index is -3.81. The molecule has 0 unspecified atom stereocenters. The number of rotatable bonds is 4. The summed E-state index contributed by atoms with van der Waals surface area (Å²) in [5.41, 5.74) is 0.627. The van der Waals surface area contributed by atoms with E-state index in [0.717, 1.165) is 10.8 Å². The number of benzene rings is 3. The van der Waals surface area contributed by atoms with Gasteiger partial charge in [-0.15, -0.1) is 0 Å². The molecule has 5 nitrogen and oxygen atoms in total. The lowest BCUT2D eigenvalue weighted by molar-refractivity contribution is 0.0992. The van der Waals surface area contributed by atoms with E-state index in [1.54, 1.807) is 24.3 Å². The first-order valence-electron chi connectivity index (χ1n) is 8.25. The highest BCUT2D eigenvalue weighted by atomic mass is 32.2. The molecule has 1 amide bonds. The van der Waals surface area contributed by atoms with E-state index in [0.29, 0.717) is 5.69 Å². The fourth-order valence-corrected chi connectivity index (χ4v) is 4.02. The largest absolute Gasteiger partial charge is 0.439 e. The molecule has 0 aliphatic rings. The smallest absolute Gasteiger partial charge is 0.291 e. The van der Waals surface area contributed by atoms with Crippen LogP contribution in [0.25, 0.3) is 10.8 Å². The predicted octanol–water partition coefficient (Wildman–Crippen LogP) is 4.52. The number of fused-ring (bicyclic) bond motifs is 1. The molecule has 1 heterocycles. The third-order valence-corrected chi connectivity index (χ3v) is 5.80. The number of anilines is 1. The summed E-state index contributed by atoms with van der Waals surface area (Å²) in [4.78, 5) is 12.6. The quantitative estimate of drug-likeness (QED) is 0.567. The van der Waals surface area contributed by atoms with E-state index in [4.69, 9.17) is 4.42 Å². The fourth-order valence-electron chi connectivity index (χ4n) is 2.82. The molecule has 0 saturated carbocycles. The van der Waals surface area contributed by atoms with Gasteiger partial charge in [-0.05, 0) is 35.7 Å². The van der Waals surface area contributed by atoms with Crippen LogP contribution in [0.15, 0.2) is 99.3 Å². The van der Waals surface area contributed by atoms with E-state index in [1.165, 1.54) is 24.3 Å². The molecule has 0 atom stereocenters. The van der Waals surface area contributed by atoms with E-state index in [1.807, 2.05) is 36.4 Å². The van der Waals surface area contributed by atoms with E-state index >= 15 is 0 Å². The van der Waals surface area contributed by atoms with Gasteiger partial charge in [0, 0.05) is 11.1 Å². The molecule has 1 N–H and O–H groups in total. The van der Waals surface area contributed by atoms with Crippen LogP contribution in [-0.4, -0.2) is 14.3 Å². The zero-order valence-electron chi connectivity index (χ0n) is 14.1. The van der Waals surface area contributed by atoms with E-state index in [9.17, 15) is 13.2 Å². The average Bonchev–Trinajstić information content (AvgIpc) is 3.20. The van der Waals surface area contributed by atoms with Crippen molar-refractivity contribution in [2.75, 3.05) is 5.32 Å². The Morgan fingerprint density at radius 1 is 0.778 bits per heavy atom. The zero-order valence-corrected chi connectivity index (χ0v) is 14.9. The van der Waals surface area contributed by atoms with Crippen molar-refractivity contribution in [3.8, 4) is 0 Å². The zero-order chi connectivity index (χ0) is 18.9. The summed E-state index contributed by atoms with van der Waals surface area (Å²) in [6.07, 6.45) is 0. The lowest BCUT2D eigenvalue weighted by Gasteiger charge is -2.07. The van der Waals surface area contributed by atoms with Crippen LogP contribution < -0.4 is 5.32 Å². The maximum Gasteiger partial charge on any atom is 0.291 e. The van der Waals surface area contributed by atoms with Gasteiger partial charge < -0.3 is 9.73 Å². The molecule has 0 saturated heterocycles. The first-order valence-corrected chi connectivity index (χ1v) is 9.73. The molecular formula is C21H15NO4S. The van der Waals surface area contributed by atoms with Gasteiger partial charge in [0.1, 0.15) is 0 Å². The summed E-state index contributed by atoms with van der Waals surface area (Å²) in [5, 5.41) is 4.39. The van der Waals surface area contributed by atoms with Crippen molar-refractivity contribution < 1.29 is 17.6 Å². The Labute approximate surface area is 156 Å². The van der Waals surface area contributed by atoms with E-state index < -0.39 is 15.7 Å². The Morgan fingerprint density at radius 3 is 2.30 bits per heavy atom. The molecule has 6 heteroatoms.